The quantitative estimate of drug-likeness (QED) is 0.574. The molecular weight excluding hydrogens is 388 g/mol. The molecule has 31 heavy (non-hydrogen) atoms. The van der Waals surface area contributed by atoms with Gasteiger partial charge in [0.25, 0.3) is 0 Å². The molecule has 0 spiro atoms. The van der Waals surface area contributed by atoms with E-state index in [-0.39, 0.29) is 18.4 Å². The maximum absolute atomic E-state index is 13.3. The number of carbonyl (C=O) groups excluding carboxylic acids is 2. The van der Waals surface area contributed by atoms with Crippen LogP contribution in [0.25, 0.3) is 11.3 Å². The molecule has 160 valence electrons. The molecule has 0 fully saturated rings. The van der Waals surface area contributed by atoms with Crippen molar-refractivity contribution in [2.75, 3.05) is 13.2 Å². The molecule has 4 rings (SSSR count). The van der Waals surface area contributed by atoms with Crippen LogP contribution in [0.3, 0.4) is 0 Å². The summed E-state index contributed by atoms with van der Waals surface area (Å²) in [5.41, 5.74) is 6.56. The number of fused-ring (bicyclic) bond motifs is 1. The molecular formula is C26H28N2O3. The van der Waals surface area contributed by atoms with Crippen LogP contribution in [0.5, 0.6) is 0 Å². The van der Waals surface area contributed by atoms with E-state index in [4.69, 9.17) is 4.74 Å². The van der Waals surface area contributed by atoms with E-state index in [9.17, 15) is 9.59 Å². The molecule has 1 aliphatic heterocycles. The molecule has 0 atom stereocenters. The van der Waals surface area contributed by atoms with Crippen LogP contribution in [-0.4, -0.2) is 34.5 Å². The van der Waals surface area contributed by atoms with Crippen LogP contribution < -0.4 is 0 Å². The maximum Gasteiger partial charge on any atom is 0.340 e. The Morgan fingerprint density at radius 3 is 2.35 bits per heavy atom. The van der Waals surface area contributed by atoms with Crippen molar-refractivity contribution >= 4 is 11.9 Å². The van der Waals surface area contributed by atoms with Gasteiger partial charge in [-0.2, -0.15) is 0 Å². The van der Waals surface area contributed by atoms with E-state index in [2.05, 4.69) is 12.1 Å². The fraction of sp³-hybridized carbons (Fsp3) is 0.308. The van der Waals surface area contributed by atoms with Crippen LogP contribution in [0.2, 0.25) is 0 Å². The molecule has 0 N–H and O–H groups in total. The standard InChI is InChI=1S/C26H28N2O3/c1-4-31-26(30)24-18(2)25(21-11-6-5-7-12-21)28(19(24)3)17-23(29)27-15-14-20-10-8-9-13-22(20)16-27/h5-13H,4,14-17H2,1-3H3. The number of benzene rings is 2. The van der Waals surface area contributed by atoms with E-state index in [1.165, 1.54) is 11.1 Å². The van der Waals surface area contributed by atoms with Crippen LogP contribution in [0, 0.1) is 13.8 Å². The zero-order chi connectivity index (χ0) is 22.0. The summed E-state index contributed by atoms with van der Waals surface area (Å²) in [5, 5.41) is 0. The normalized spacial score (nSPS) is 13.1. The molecule has 1 aliphatic rings. The van der Waals surface area contributed by atoms with Gasteiger partial charge in [0, 0.05) is 18.8 Å². The first-order chi connectivity index (χ1) is 15.0. The highest BCUT2D eigenvalue weighted by atomic mass is 16.5. The minimum absolute atomic E-state index is 0.0557. The van der Waals surface area contributed by atoms with Crippen molar-refractivity contribution in [1.82, 2.24) is 9.47 Å². The monoisotopic (exact) mass is 416 g/mol. The number of ether oxygens (including phenoxy) is 1. The third-order valence-corrected chi connectivity index (χ3v) is 6.07. The van der Waals surface area contributed by atoms with Crippen LogP contribution in [-0.2, 0) is 29.0 Å². The molecule has 0 unspecified atom stereocenters. The summed E-state index contributed by atoms with van der Waals surface area (Å²) in [7, 11) is 0. The highest BCUT2D eigenvalue weighted by Gasteiger charge is 2.27. The van der Waals surface area contributed by atoms with Crippen molar-refractivity contribution in [1.29, 1.82) is 0 Å². The van der Waals surface area contributed by atoms with E-state index in [0.717, 1.165) is 28.9 Å². The van der Waals surface area contributed by atoms with Gasteiger partial charge in [-0.1, -0.05) is 54.6 Å². The van der Waals surface area contributed by atoms with Crippen LogP contribution >= 0.6 is 0 Å². The first kappa shape index (κ1) is 20.9. The summed E-state index contributed by atoms with van der Waals surface area (Å²) in [6, 6.07) is 18.2. The minimum atomic E-state index is -0.340. The first-order valence-electron chi connectivity index (χ1n) is 10.8. The second-order valence-corrected chi connectivity index (χ2v) is 7.94. The van der Waals surface area contributed by atoms with Gasteiger partial charge in [-0.05, 0) is 49.4 Å². The molecule has 5 heteroatoms. The predicted molar refractivity (Wildman–Crippen MR) is 121 cm³/mol. The summed E-state index contributed by atoms with van der Waals surface area (Å²) in [5.74, 6) is -0.284. The molecule has 0 bridgehead atoms. The number of esters is 1. The van der Waals surface area contributed by atoms with Crippen LogP contribution in [0.4, 0.5) is 0 Å². The minimum Gasteiger partial charge on any atom is -0.462 e. The van der Waals surface area contributed by atoms with Gasteiger partial charge in [0.05, 0.1) is 17.9 Å². The number of amides is 1. The van der Waals surface area contributed by atoms with Gasteiger partial charge in [-0.3, -0.25) is 4.79 Å². The number of hydrogen-bond acceptors (Lipinski definition) is 3. The number of carbonyl (C=O) groups is 2. The lowest BCUT2D eigenvalue weighted by atomic mass is 10.00. The molecule has 5 nitrogen and oxygen atoms in total. The lowest BCUT2D eigenvalue weighted by molar-refractivity contribution is -0.132. The summed E-state index contributed by atoms with van der Waals surface area (Å²) >= 11 is 0. The summed E-state index contributed by atoms with van der Waals surface area (Å²) < 4.78 is 7.28. The highest BCUT2D eigenvalue weighted by Crippen LogP contribution is 2.32. The Balaban J connectivity index is 1.69. The fourth-order valence-corrected chi connectivity index (χ4v) is 4.51. The number of rotatable bonds is 5. The SMILES string of the molecule is CCOC(=O)c1c(C)c(-c2ccccc2)n(CC(=O)N2CCc3ccccc3C2)c1C. The Kier molecular flexibility index (Phi) is 5.94. The topological polar surface area (TPSA) is 51.5 Å². The molecule has 0 saturated heterocycles. The lowest BCUT2D eigenvalue weighted by Crippen LogP contribution is -2.38. The van der Waals surface area contributed by atoms with Crippen molar-refractivity contribution < 1.29 is 14.3 Å². The van der Waals surface area contributed by atoms with Crippen molar-refractivity contribution in [2.24, 2.45) is 0 Å². The largest absolute Gasteiger partial charge is 0.462 e. The Labute approximate surface area is 183 Å². The summed E-state index contributed by atoms with van der Waals surface area (Å²) in [6.45, 7) is 7.47. The van der Waals surface area contributed by atoms with Gasteiger partial charge in [-0.15, -0.1) is 0 Å². The van der Waals surface area contributed by atoms with Gasteiger partial charge >= 0.3 is 5.97 Å². The van der Waals surface area contributed by atoms with E-state index >= 15 is 0 Å². The third-order valence-electron chi connectivity index (χ3n) is 6.07. The smallest absolute Gasteiger partial charge is 0.340 e. The fourth-order valence-electron chi connectivity index (χ4n) is 4.51. The zero-order valence-electron chi connectivity index (χ0n) is 18.4. The maximum atomic E-state index is 13.3. The second-order valence-electron chi connectivity index (χ2n) is 7.94. The summed E-state index contributed by atoms with van der Waals surface area (Å²) in [4.78, 5) is 27.9. The average molecular weight is 417 g/mol. The molecule has 0 radical (unpaired) electrons. The van der Waals surface area contributed by atoms with Gasteiger partial charge in [0.1, 0.15) is 6.54 Å². The highest BCUT2D eigenvalue weighted by molar-refractivity contribution is 5.95. The molecule has 1 aromatic heterocycles. The number of nitrogens with zero attached hydrogens (tertiary/aromatic N) is 2. The van der Waals surface area contributed by atoms with Gasteiger partial charge < -0.3 is 14.2 Å². The van der Waals surface area contributed by atoms with Crippen LogP contribution in [0.15, 0.2) is 54.6 Å². The second kappa shape index (κ2) is 8.80. The molecule has 3 aromatic rings. The van der Waals surface area contributed by atoms with E-state index < -0.39 is 0 Å². The first-order valence-corrected chi connectivity index (χ1v) is 10.8. The number of hydrogen-bond donors (Lipinski definition) is 0. The molecule has 0 aliphatic carbocycles. The molecule has 1 amide bonds. The Morgan fingerprint density at radius 2 is 1.65 bits per heavy atom. The van der Waals surface area contributed by atoms with E-state index in [1.807, 2.05) is 65.8 Å². The van der Waals surface area contributed by atoms with Crippen molar-refractivity contribution in [3.63, 3.8) is 0 Å². The van der Waals surface area contributed by atoms with Gasteiger partial charge in [-0.25, -0.2) is 4.79 Å². The van der Waals surface area contributed by atoms with Crippen molar-refractivity contribution in [2.45, 2.75) is 40.3 Å². The zero-order valence-corrected chi connectivity index (χ0v) is 18.4. The summed E-state index contributed by atoms with van der Waals surface area (Å²) in [6.07, 6.45) is 0.866. The Hall–Kier alpha value is -3.34. The molecule has 2 heterocycles. The Morgan fingerprint density at radius 1 is 0.968 bits per heavy atom. The van der Waals surface area contributed by atoms with E-state index in [1.54, 1.807) is 6.92 Å². The average Bonchev–Trinajstić information content (AvgIpc) is 3.03. The lowest BCUT2D eigenvalue weighted by Gasteiger charge is -2.29. The number of aromatic nitrogens is 1. The molecule has 0 saturated carbocycles. The van der Waals surface area contributed by atoms with E-state index in [0.29, 0.717) is 25.3 Å². The molecule has 2 aromatic carbocycles. The predicted octanol–water partition coefficient (Wildman–Crippen LogP) is 4.53. The van der Waals surface area contributed by atoms with Crippen LogP contribution in [0.1, 0.15) is 39.7 Å². The van der Waals surface area contributed by atoms with Crippen molar-refractivity contribution in [3.8, 4) is 11.3 Å². The third kappa shape index (κ3) is 4.00. The van der Waals surface area contributed by atoms with Gasteiger partial charge in [0.15, 0.2) is 0 Å². The Bertz CT molecular complexity index is 1120. The van der Waals surface area contributed by atoms with Crippen molar-refractivity contribution in [3.05, 3.63) is 82.5 Å². The van der Waals surface area contributed by atoms with Gasteiger partial charge in [0.2, 0.25) is 5.91 Å².